The van der Waals surface area contributed by atoms with Crippen LogP contribution in [0, 0.1) is 0 Å². The molecule has 0 saturated heterocycles. The number of Topliss-reactive ketones (excluding diaryl/α,β-unsaturated/α-hetero) is 1. The molecule has 1 unspecified atom stereocenters. The van der Waals surface area contributed by atoms with Crippen LogP contribution in [-0.4, -0.2) is 51.5 Å². The summed E-state index contributed by atoms with van der Waals surface area (Å²) in [6.07, 6.45) is 5.76. The lowest BCUT2D eigenvalue weighted by Gasteiger charge is -2.16. The van der Waals surface area contributed by atoms with E-state index < -0.39 is 10.0 Å². The minimum Gasteiger partial charge on any atom is -0.306 e. The zero-order chi connectivity index (χ0) is 22.4. The lowest BCUT2D eigenvalue weighted by Crippen LogP contribution is -2.34. The Bertz CT molecular complexity index is 1030. The van der Waals surface area contributed by atoms with Crippen molar-refractivity contribution in [1.82, 2.24) is 9.62 Å². The molecule has 0 saturated carbocycles. The van der Waals surface area contributed by atoms with Crippen LogP contribution in [0.25, 0.3) is 0 Å². The predicted molar refractivity (Wildman–Crippen MR) is 134 cm³/mol. The number of hydrogen-bond acceptors (Lipinski definition) is 4. The number of hydrogen-bond donors (Lipinski definition) is 1. The quantitative estimate of drug-likeness (QED) is 0.370. The van der Waals surface area contributed by atoms with Crippen LogP contribution in [0.3, 0.4) is 0 Å². The van der Waals surface area contributed by atoms with Gasteiger partial charge in [-0.2, -0.15) is 0 Å². The number of likely N-dealkylation sites (N-methyl/N-ethyl adjacent to an activating group) is 1. The van der Waals surface area contributed by atoms with E-state index in [9.17, 15) is 13.2 Å². The third-order valence-corrected chi connectivity index (χ3v) is 6.89. The van der Waals surface area contributed by atoms with Crippen molar-refractivity contribution in [3.8, 4) is 0 Å². The number of carbonyl (C=O) groups is 1. The molecule has 0 heterocycles. The van der Waals surface area contributed by atoms with E-state index in [4.69, 9.17) is 11.6 Å². The third kappa shape index (κ3) is 8.16. The molecule has 176 valence electrons. The molecule has 0 aliphatic heterocycles. The van der Waals surface area contributed by atoms with Crippen LogP contribution in [0.15, 0.2) is 42.5 Å². The van der Waals surface area contributed by atoms with Crippen molar-refractivity contribution < 1.29 is 13.2 Å². The first-order chi connectivity index (χ1) is 14.7. The summed E-state index contributed by atoms with van der Waals surface area (Å²) in [5.74, 6) is 0.154. The summed E-state index contributed by atoms with van der Waals surface area (Å²) < 4.78 is 25.6. The first-order valence-corrected chi connectivity index (χ1v) is 13.0. The summed E-state index contributed by atoms with van der Waals surface area (Å²) >= 11 is 6.21. The summed E-state index contributed by atoms with van der Waals surface area (Å²) in [6.45, 7) is 1.88. The van der Waals surface area contributed by atoms with E-state index in [-0.39, 0.29) is 24.2 Å². The number of benzene rings is 2. The molecular weight excluding hydrogens is 467 g/mol. The van der Waals surface area contributed by atoms with Crippen LogP contribution in [0.4, 0.5) is 0 Å². The van der Waals surface area contributed by atoms with E-state index in [2.05, 4.69) is 22.7 Å². The van der Waals surface area contributed by atoms with E-state index in [0.717, 1.165) is 59.6 Å². The maximum absolute atomic E-state index is 12.6. The number of unbranched alkanes of at least 4 members (excludes halogenated alkanes) is 1. The number of carbonyl (C=O) groups excluding carboxylic acids is 1. The number of nitrogens with zero attached hydrogens (tertiary/aromatic N) is 1. The van der Waals surface area contributed by atoms with Gasteiger partial charge in [0, 0.05) is 29.6 Å². The summed E-state index contributed by atoms with van der Waals surface area (Å²) in [7, 11) is -1.13. The highest BCUT2D eigenvalue weighted by molar-refractivity contribution is 7.88. The standard InChI is InChI=1S/C24H31ClN2O3S.ClH/c1-27(14-12-18-7-3-4-8-23(18)25)13-6-5-9-24(28)20-11-10-19-16-22(17-21(19)15-20)26-31(2,29)30;/h3-4,7-8,10-11,15,22,26H,5-6,9,12-14,16-17H2,1-2H3;1H. The second-order valence-corrected chi connectivity index (χ2v) is 10.7. The fourth-order valence-electron chi connectivity index (χ4n) is 4.11. The maximum Gasteiger partial charge on any atom is 0.208 e. The van der Waals surface area contributed by atoms with Crippen LogP contribution in [0.2, 0.25) is 5.02 Å². The Morgan fingerprint density at radius 1 is 1.09 bits per heavy atom. The van der Waals surface area contributed by atoms with Gasteiger partial charge in [-0.1, -0.05) is 41.9 Å². The van der Waals surface area contributed by atoms with Crippen molar-refractivity contribution in [3.63, 3.8) is 0 Å². The Hall–Kier alpha value is -1.44. The zero-order valence-corrected chi connectivity index (χ0v) is 21.0. The van der Waals surface area contributed by atoms with Crippen LogP contribution in [-0.2, 0) is 29.3 Å². The van der Waals surface area contributed by atoms with E-state index in [0.29, 0.717) is 19.3 Å². The highest BCUT2D eigenvalue weighted by Crippen LogP contribution is 2.24. The molecule has 0 radical (unpaired) electrons. The van der Waals surface area contributed by atoms with Gasteiger partial charge < -0.3 is 4.90 Å². The Kier molecular flexibility index (Phi) is 10.2. The number of fused-ring (bicyclic) bond motifs is 1. The predicted octanol–water partition coefficient (Wildman–Crippen LogP) is 4.31. The lowest BCUT2D eigenvalue weighted by atomic mass is 10.0. The highest BCUT2D eigenvalue weighted by Gasteiger charge is 2.24. The molecule has 1 aliphatic carbocycles. The van der Waals surface area contributed by atoms with Crippen molar-refractivity contribution in [2.24, 2.45) is 0 Å². The van der Waals surface area contributed by atoms with E-state index in [1.54, 1.807) is 0 Å². The van der Waals surface area contributed by atoms with Crippen molar-refractivity contribution in [2.75, 3.05) is 26.4 Å². The van der Waals surface area contributed by atoms with Gasteiger partial charge in [-0.3, -0.25) is 4.79 Å². The molecule has 0 spiro atoms. The Labute approximate surface area is 203 Å². The molecule has 0 bridgehead atoms. The summed E-state index contributed by atoms with van der Waals surface area (Å²) in [4.78, 5) is 14.9. The molecule has 0 amide bonds. The topological polar surface area (TPSA) is 66.5 Å². The van der Waals surface area contributed by atoms with Gasteiger partial charge in [0.2, 0.25) is 10.0 Å². The fourth-order valence-corrected chi connectivity index (χ4v) is 5.12. The van der Waals surface area contributed by atoms with Crippen LogP contribution >= 0.6 is 24.0 Å². The largest absolute Gasteiger partial charge is 0.306 e. The monoisotopic (exact) mass is 498 g/mol. The molecule has 1 aliphatic rings. The second-order valence-electron chi connectivity index (χ2n) is 8.50. The maximum atomic E-state index is 12.6. The molecule has 2 aromatic rings. The molecule has 32 heavy (non-hydrogen) atoms. The summed E-state index contributed by atoms with van der Waals surface area (Å²) in [5, 5.41) is 0.814. The molecule has 5 nitrogen and oxygen atoms in total. The number of nitrogens with one attached hydrogen (secondary N) is 1. The van der Waals surface area contributed by atoms with Crippen LogP contribution in [0.1, 0.15) is 46.3 Å². The first kappa shape index (κ1) is 26.8. The SMILES string of the molecule is CN(CCCCC(=O)c1ccc2c(c1)CC(NS(C)(=O)=O)C2)CCc1ccccc1Cl.Cl. The van der Waals surface area contributed by atoms with Gasteiger partial charge in [-0.15, -0.1) is 12.4 Å². The van der Waals surface area contributed by atoms with Gasteiger partial charge in [0.15, 0.2) is 5.78 Å². The third-order valence-electron chi connectivity index (χ3n) is 5.76. The smallest absolute Gasteiger partial charge is 0.208 e. The van der Waals surface area contributed by atoms with Crippen molar-refractivity contribution in [3.05, 3.63) is 69.7 Å². The minimum absolute atomic E-state index is 0. The molecular formula is C24H32Cl2N2O3S. The van der Waals surface area contributed by atoms with Gasteiger partial charge >= 0.3 is 0 Å². The average Bonchev–Trinajstić information content (AvgIpc) is 3.10. The van der Waals surface area contributed by atoms with Gasteiger partial charge in [0.05, 0.1) is 6.26 Å². The van der Waals surface area contributed by atoms with Crippen LogP contribution in [0.5, 0.6) is 0 Å². The van der Waals surface area contributed by atoms with Crippen molar-refractivity contribution >= 4 is 39.8 Å². The van der Waals surface area contributed by atoms with Gasteiger partial charge in [-0.25, -0.2) is 13.1 Å². The van der Waals surface area contributed by atoms with Crippen molar-refractivity contribution in [2.45, 2.75) is 44.6 Å². The van der Waals surface area contributed by atoms with E-state index >= 15 is 0 Å². The average molecular weight is 500 g/mol. The summed E-state index contributed by atoms with van der Waals surface area (Å²) in [6, 6.07) is 13.6. The minimum atomic E-state index is -3.22. The van der Waals surface area contributed by atoms with Gasteiger partial charge in [-0.05, 0) is 74.5 Å². The molecule has 1 N–H and O–H groups in total. The number of rotatable bonds is 11. The second kappa shape index (κ2) is 12.1. The number of sulfonamides is 1. The Balaban J connectivity index is 0.00000363. The Morgan fingerprint density at radius 2 is 1.81 bits per heavy atom. The van der Waals surface area contributed by atoms with Gasteiger partial charge in [0.1, 0.15) is 0 Å². The fraction of sp³-hybridized carbons (Fsp3) is 0.458. The summed E-state index contributed by atoms with van der Waals surface area (Å²) in [5.41, 5.74) is 4.09. The van der Waals surface area contributed by atoms with Crippen molar-refractivity contribution in [1.29, 1.82) is 0 Å². The molecule has 0 fully saturated rings. The van der Waals surface area contributed by atoms with Gasteiger partial charge in [0.25, 0.3) is 0 Å². The molecule has 0 aromatic heterocycles. The normalized spacial score (nSPS) is 15.4. The molecule has 1 atom stereocenters. The highest BCUT2D eigenvalue weighted by atomic mass is 35.5. The van der Waals surface area contributed by atoms with Crippen LogP contribution < -0.4 is 4.72 Å². The molecule has 8 heteroatoms. The molecule has 2 aromatic carbocycles. The Morgan fingerprint density at radius 3 is 2.53 bits per heavy atom. The lowest BCUT2D eigenvalue weighted by molar-refractivity contribution is 0.0978. The van der Waals surface area contributed by atoms with E-state index in [1.807, 2.05) is 36.4 Å². The first-order valence-electron chi connectivity index (χ1n) is 10.8. The number of halogens is 2. The zero-order valence-electron chi connectivity index (χ0n) is 18.6. The van der Waals surface area contributed by atoms with E-state index in [1.165, 1.54) is 6.26 Å². The number of ketones is 1. The molecule has 3 rings (SSSR count).